The van der Waals surface area contributed by atoms with E-state index in [4.69, 9.17) is 4.74 Å². The van der Waals surface area contributed by atoms with E-state index >= 15 is 0 Å². The Balaban J connectivity index is 0.00000364. The summed E-state index contributed by atoms with van der Waals surface area (Å²) in [6.07, 6.45) is -4.29. The molecule has 154 valence electrons. The Kier molecular flexibility index (Phi) is 9.52. The molecular formula is C18H27ClF3N3O2. The molecule has 1 aliphatic heterocycles. The van der Waals surface area contributed by atoms with Gasteiger partial charge in [0.15, 0.2) is 0 Å². The number of rotatable bonds is 7. The first-order chi connectivity index (χ1) is 12.3. The Bertz CT molecular complexity index is 576. The number of carbonyl (C=O) groups excluding carboxylic acids is 1. The van der Waals surface area contributed by atoms with Crippen LogP contribution >= 0.6 is 12.4 Å². The fraction of sp³-hybridized carbons (Fsp3) is 0.611. The van der Waals surface area contributed by atoms with Gasteiger partial charge in [-0.1, -0.05) is 12.1 Å². The minimum Gasteiger partial charge on any atom is -0.374 e. The summed E-state index contributed by atoms with van der Waals surface area (Å²) in [5, 5.41) is 5.45. The third-order valence-corrected chi connectivity index (χ3v) is 4.23. The highest BCUT2D eigenvalue weighted by Crippen LogP contribution is 2.24. The molecule has 0 bridgehead atoms. The molecule has 0 aliphatic carbocycles. The number of hydrogen-bond acceptors (Lipinski definition) is 4. The van der Waals surface area contributed by atoms with Gasteiger partial charge in [-0.15, -0.1) is 12.4 Å². The zero-order chi connectivity index (χ0) is 19.2. The number of nitrogens with one attached hydrogen (secondary N) is 2. The third kappa shape index (κ3) is 7.65. The Hall–Kier alpha value is -1.35. The molecule has 1 heterocycles. The van der Waals surface area contributed by atoms with Gasteiger partial charge in [0, 0.05) is 38.3 Å². The van der Waals surface area contributed by atoms with Gasteiger partial charge in [-0.3, -0.25) is 9.69 Å². The van der Waals surface area contributed by atoms with E-state index in [9.17, 15) is 18.0 Å². The fourth-order valence-corrected chi connectivity index (χ4v) is 2.75. The summed E-state index contributed by atoms with van der Waals surface area (Å²) in [6, 6.07) is 5.01. The van der Waals surface area contributed by atoms with Gasteiger partial charge >= 0.3 is 6.18 Å². The van der Waals surface area contributed by atoms with Gasteiger partial charge < -0.3 is 15.4 Å². The van der Waals surface area contributed by atoms with Crippen LogP contribution < -0.4 is 10.6 Å². The Morgan fingerprint density at radius 1 is 1.22 bits per heavy atom. The number of ether oxygens (including phenoxy) is 1. The SMILES string of the molecule is CC(C)OCc1ccc(C(=O)NCC(N2CCNCC2)C(F)(F)F)cc1.Cl. The van der Waals surface area contributed by atoms with E-state index in [0.29, 0.717) is 38.3 Å². The molecule has 5 nitrogen and oxygen atoms in total. The van der Waals surface area contributed by atoms with Gasteiger partial charge in [0.2, 0.25) is 0 Å². The van der Waals surface area contributed by atoms with Crippen molar-refractivity contribution in [3.8, 4) is 0 Å². The maximum atomic E-state index is 13.3. The summed E-state index contributed by atoms with van der Waals surface area (Å²) in [5.41, 5.74) is 1.24. The molecule has 1 fully saturated rings. The van der Waals surface area contributed by atoms with Gasteiger partial charge in [0.25, 0.3) is 5.91 Å². The number of alkyl halides is 3. The first-order valence-electron chi connectivity index (χ1n) is 8.77. The smallest absolute Gasteiger partial charge is 0.374 e. The lowest BCUT2D eigenvalue weighted by Crippen LogP contribution is -2.57. The van der Waals surface area contributed by atoms with E-state index in [2.05, 4.69) is 10.6 Å². The van der Waals surface area contributed by atoms with Crippen LogP contribution in [-0.2, 0) is 11.3 Å². The molecule has 1 amide bonds. The van der Waals surface area contributed by atoms with E-state index in [-0.39, 0.29) is 18.5 Å². The van der Waals surface area contributed by atoms with Gasteiger partial charge in [-0.2, -0.15) is 13.2 Å². The number of nitrogens with zero attached hydrogens (tertiary/aromatic N) is 1. The second-order valence-electron chi connectivity index (χ2n) is 6.61. The number of carbonyl (C=O) groups is 1. The molecule has 2 N–H and O–H groups in total. The largest absolute Gasteiger partial charge is 0.405 e. The summed E-state index contributed by atoms with van der Waals surface area (Å²) in [6.45, 7) is 5.48. The van der Waals surface area contributed by atoms with Crippen molar-refractivity contribution in [3.63, 3.8) is 0 Å². The Morgan fingerprint density at radius 2 is 1.81 bits per heavy atom. The van der Waals surface area contributed by atoms with Crippen LogP contribution in [0.2, 0.25) is 0 Å². The number of amides is 1. The third-order valence-electron chi connectivity index (χ3n) is 4.23. The quantitative estimate of drug-likeness (QED) is 0.727. The predicted octanol–water partition coefficient (Wildman–Crippen LogP) is 2.60. The molecule has 27 heavy (non-hydrogen) atoms. The van der Waals surface area contributed by atoms with E-state index in [1.54, 1.807) is 24.3 Å². The maximum absolute atomic E-state index is 13.3. The van der Waals surface area contributed by atoms with Crippen molar-refractivity contribution >= 4 is 18.3 Å². The zero-order valence-corrected chi connectivity index (χ0v) is 16.3. The lowest BCUT2D eigenvalue weighted by atomic mass is 10.1. The molecule has 1 atom stereocenters. The van der Waals surface area contributed by atoms with Crippen molar-refractivity contribution < 1.29 is 22.7 Å². The van der Waals surface area contributed by atoms with Crippen molar-refractivity contribution in [2.75, 3.05) is 32.7 Å². The van der Waals surface area contributed by atoms with Crippen molar-refractivity contribution in [2.24, 2.45) is 0 Å². The molecule has 2 rings (SSSR count). The van der Waals surface area contributed by atoms with Crippen molar-refractivity contribution in [2.45, 2.75) is 38.8 Å². The summed E-state index contributed by atoms with van der Waals surface area (Å²) in [4.78, 5) is 13.6. The summed E-state index contributed by atoms with van der Waals surface area (Å²) in [5.74, 6) is -0.509. The van der Waals surface area contributed by atoms with Crippen LogP contribution in [0.5, 0.6) is 0 Å². The highest BCUT2D eigenvalue weighted by Gasteiger charge is 2.43. The second-order valence-corrected chi connectivity index (χ2v) is 6.61. The van der Waals surface area contributed by atoms with Crippen LogP contribution in [0.15, 0.2) is 24.3 Å². The minimum atomic E-state index is -4.39. The molecule has 0 saturated carbocycles. The topological polar surface area (TPSA) is 53.6 Å². The second kappa shape index (κ2) is 10.8. The summed E-state index contributed by atoms with van der Waals surface area (Å²) >= 11 is 0. The van der Waals surface area contributed by atoms with Gasteiger partial charge in [0.1, 0.15) is 6.04 Å². The molecule has 0 radical (unpaired) electrons. The summed E-state index contributed by atoms with van der Waals surface area (Å²) < 4.78 is 45.5. The molecule has 1 aromatic rings. The monoisotopic (exact) mass is 409 g/mol. The van der Waals surface area contributed by atoms with Crippen LogP contribution in [0.25, 0.3) is 0 Å². The minimum absolute atomic E-state index is 0. The first kappa shape index (κ1) is 23.7. The average Bonchev–Trinajstić information content (AvgIpc) is 2.60. The zero-order valence-electron chi connectivity index (χ0n) is 15.5. The normalized spacial score (nSPS) is 16.7. The van der Waals surface area contributed by atoms with E-state index in [0.717, 1.165) is 5.56 Å². The van der Waals surface area contributed by atoms with Crippen LogP contribution in [0.4, 0.5) is 13.2 Å². The van der Waals surface area contributed by atoms with Crippen LogP contribution in [0.3, 0.4) is 0 Å². The first-order valence-corrected chi connectivity index (χ1v) is 8.77. The van der Waals surface area contributed by atoms with Crippen LogP contribution in [-0.4, -0.2) is 61.9 Å². The number of benzene rings is 1. The van der Waals surface area contributed by atoms with Crippen molar-refractivity contribution in [1.29, 1.82) is 0 Å². The number of piperazine rings is 1. The molecule has 1 saturated heterocycles. The standard InChI is InChI=1S/C18H26F3N3O2.ClH/c1-13(2)26-12-14-3-5-15(6-4-14)17(25)23-11-16(18(19,20)21)24-9-7-22-8-10-24;/h3-6,13,16,22H,7-12H2,1-2H3,(H,23,25);1H. The predicted molar refractivity (Wildman–Crippen MR) is 100 cm³/mol. The maximum Gasteiger partial charge on any atom is 0.405 e. The van der Waals surface area contributed by atoms with Crippen molar-refractivity contribution in [1.82, 2.24) is 15.5 Å². The van der Waals surface area contributed by atoms with Crippen molar-refractivity contribution in [3.05, 3.63) is 35.4 Å². The molecule has 9 heteroatoms. The highest BCUT2D eigenvalue weighted by molar-refractivity contribution is 5.94. The Morgan fingerprint density at radius 3 is 2.33 bits per heavy atom. The molecule has 0 aromatic heterocycles. The number of halogens is 4. The number of hydrogen-bond donors (Lipinski definition) is 2. The van der Waals surface area contributed by atoms with E-state index in [1.165, 1.54) is 4.90 Å². The molecule has 1 aliphatic rings. The summed E-state index contributed by atoms with van der Waals surface area (Å²) in [7, 11) is 0. The molecule has 0 spiro atoms. The van der Waals surface area contributed by atoms with E-state index in [1.807, 2.05) is 13.8 Å². The van der Waals surface area contributed by atoms with Gasteiger partial charge in [-0.25, -0.2) is 0 Å². The lowest BCUT2D eigenvalue weighted by molar-refractivity contribution is -0.183. The van der Waals surface area contributed by atoms with Gasteiger partial charge in [0.05, 0.1) is 12.7 Å². The lowest BCUT2D eigenvalue weighted by Gasteiger charge is -2.35. The molecule has 1 aromatic carbocycles. The molecule has 1 unspecified atom stereocenters. The molecular weight excluding hydrogens is 383 g/mol. The van der Waals surface area contributed by atoms with Gasteiger partial charge in [-0.05, 0) is 31.5 Å². The fourth-order valence-electron chi connectivity index (χ4n) is 2.75. The average molecular weight is 410 g/mol. The Labute approximate surface area is 164 Å². The highest BCUT2D eigenvalue weighted by atomic mass is 35.5. The van der Waals surface area contributed by atoms with Crippen LogP contribution in [0, 0.1) is 0 Å². The van der Waals surface area contributed by atoms with Crippen LogP contribution in [0.1, 0.15) is 29.8 Å². The van der Waals surface area contributed by atoms with E-state index < -0.39 is 24.7 Å².